The zero-order valence-corrected chi connectivity index (χ0v) is 14.6. The van der Waals surface area contributed by atoms with E-state index in [1.54, 1.807) is 41.0 Å². The number of hydrogen-bond acceptors (Lipinski definition) is 4. The van der Waals surface area contributed by atoms with E-state index in [1.165, 1.54) is 0 Å². The molecule has 0 aliphatic carbocycles. The zero-order valence-electron chi connectivity index (χ0n) is 13.8. The van der Waals surface area contributed by atoms with Crippen LogP contribution in [-0.4, -0.2) is 25.5 Å². The summed E-state index contributed by atoms with van der Waals surface area (Å²) in [5, 5.41) is 7.95. The van der Waals surface area contributed by atoms with Crippen molar-refractivity contribution in [2.24, 2.45) is 0 Å². The van der Waals surface area contributed by atoms with Crippen LogP contribution in [0.25, 0.3) is 17.0 Å². The van der Waals surface area contributed by atoms with Crippen LogP contribution in [0.1, 0.15) is 16.2 Å². The van der Waals surface area contributed by atoms with E-state index in [0.29, 0.717) is 27.7 Å². The van der Waals surface area contributed by atoms with E-state index in [1.807, 2.05) is 31.2 Å². The molecule has 1 aromatic carbocycles. The quantitative estimate of drug-likeness (QED) is 0.597. The molecule has 0 atom stereocenters. The highest BCUT2D eigenvalue weighted by atomic mass is 35.5. The van der Waals surface area contributed by atoms with Crippen molar-refractivity contribution in [3.8, 4) is 11.4 Å². The third-order valence-corrected chi connectivity index (χ3v) is 4.12. The first-order valence-corrected chi connectivity index (χ1v) is 8.34. The molecule has 3 aromatic heterocycles. The molecule has 128 valence electrons. The zero-order chi connectivity index (χ0) is 18.1. The number of pyridine rings is 1. The number of anilines is 1. The normalized spacial score (nSPS) is 10.8. The molecule has 7 heteroatoms. The van der Waals surface area contributed by atoms with E-state index < -0.39 is 0 Å². The van der Waals surface area contributed by atoms with Gasteiger partial charge in [-0.3, -0.25) is 9.78 Å². The molecule has 4 aromatic rings. The maximum Gasteiger partial charge on any atom is 0.274 e. The predicted octanol–water partition coefficient (Wildman–Crippen LogP) is 4.01. The molecule has 0 fully saturated rings. The third-order valence-electron chi connectivity index (χ3n) is 3.87. The number of amides is 1. The van der Waals surface area contributed by atoms with E-state index in [9.17, 15) is 4.79 Å². The monoisotopic (exact) mass is 363 g/mol. The van der Waals surface area contributed by atoms with Gasteiger partial charge in [0.2, 0.25) is 0 Å². The van der Waals surface area contributed by atoms with Crippen LogP contribution in [0.15, 0.2) is 60.8 Å². The summed E-state index contributed by atoms with van der Waals surface area (Å²) in [4.78, 5) is 21.3. The van der Waals surface area contributed by atoms with Crippen molar-refractivity contribution in [3.63, 3.8) is 0 Å². The number of nitrogens with zero attached hydrogens (tertiary/aromatic N) is 4. The lowest BCUT2D eigenvalue weighted by Gasteiger charge is -2.06. The highest BCUT2D eigenvalue weighted by Crippen LogP contribution is 2.19. The van der Waals surface area contributed by atoms with Crippen LogP contribution in [0.5, 0.6) is 0 Å². The highest BCUT2D eigenvalue weighted by molar-refractivity contribution is 6.30. The number of hydrogen-bond donors (Lipinski definition) is 1. The van der Waals surface area contributed by atoms with E-state index in [-0.39, 0.29) is 5.91 Å². The van der Waals surface area contributed by atoms with Gasteiger partial charge in [0.15, 0.2) is 5.65 Å². The second-order valence-corrected chi connectivity index (χ2v) is 6.19. The number of fused-ring (bicyclic) bond motifs is 1. The van der Waals surface area contributed by atoms with Crippen molar-refractivity contribution < 1.29 is 4.79 Å². The Bertz CT molecular complexity index is 1090. The van der Waals surface area contributed by atoms with Crippen LogP contribution in [-0.2, 0) is 0 Å². The maximum absolute atomic E-state index is 12.5. The lowest BCUT2D eigenvalue weighted by Crippen LogP contribution is -2.15. The van der Waals surface area contributed by atoms with Gasteiger partial charge in [0.25, 0.3) is 5.91 Å². The Labute approximate surface area is 154 Å². The lowest BCUT2D eigenvalue weighted by atomic mass is 10.2. The van der Waals surface area contributed by atoms with Gasteiger partial charge in [-0.1, -0.05) is 17.7 Å². The number of halogens is 1. The SMILES string of the molecule is Cc1cc(C(=O)Nc2ccc(Cl)cc2)nc2cc(-c3ccccn3)nn12. The largest absolute Gasteiger partial charge is 0.321 e. The summed E-state index contributed by atoms with van der Waals surface area (Å²) >= 11 is 5.86. The Kier molecular flexibility index (Phi) is 4.10. The average Bonchev–Trinajstić information content (AvgIpc) is 3.09. The fourth-order valence-corrected chi connectivity index (χ4v) is 2.74. The summed E-state index contributed by atoms with van der Waals surface area (Å²) in [5.74, 6) is -0.293. The van der Waals surface area contributed by atoms with Gasteiger partial charge >= 0.3 is 0 Å². The Morgan fingerprint density at radius 2 is 1.88 bits per heavy atom. The molecule has 1 amide bonds. The Hall–Kier alpha value is -3.25. The summed E-state index contributed by atoms with van der Waals surface area (Å²) in [6, 6.07) is 16.1. The molecule has 0 spiro atoms. The topological polar surface area (TPSA) is 72.2 Å². The number of rotatable bonds is 3. The van der Waals surface area contributed by atoms with Crippen LogP contribution < -0.4 is 5.32 Å². The summed E-state index contributed by atoms with van der Waals surface area (Å²) in [5.41, 5.74) is 3.82. The third kappa shape index (κ3) is 3.14. The fourth-order valence-electron chi connectivity index (χ4n) is 2.61. The van der Waals surface area contributed by atoms with Crippen molar-refractivity contribution in [1.29, 1.82) is 0 Å². The van der Waals surface area contributed by atoms with Gasteiger partial charge in [-0.05, 0) is 49.4 Å². The molecule has 26 heavy (non-hydrogen) atoms. The molecule has 0 aliphatic heterocycles. The second-order valence-electron chi connectivity index (χ2n) is 5.76. The van der Waals surface area contributed by atoms with E-state index in [0.717, 1.165) is 11.4 Å². The predicted molar refractivity (Wildman–Crippen MR) is 100 cm³/mol. The highest BCUT2D eigenvalue weighted by Gasteiger charge is 2.14. The van der Waals surface area contributed by atoms with Gasteiger partial charge in [-0.25, -0.2) is 9.50 Å². The summed E-state index contributed by atoms with van der Waals surface area (Å²) in [6.45, 7) is 1.88. The van der Waals surface area contributed by atoms with E-state index >= 15 is 0 Å². The summed E-state index contributed by atoms with van der Waals surface area (Å²) in [6.07, 6.45) is 1.71. The average molecular weight is 364 g/mol. The first kappa shape index (κ1) is 16.2. The smallest absolute Gasteiger partial charge is 0.274 e. The van der Waals surface area contributed by atoms with Crippen molar-refractivity contribution in [2.45, 2.75) is 6.92 Å². The van der Waals surface area contributed by atoms with Crippen molar-refractivity contribution >= 4 is 28.8 Å². The molecule has 0 unspecified atom stereocenters. The number of carbonyl (C=O) groups excluding carboxylic acids is 1. The van der Waals surface area contributed by atoms with Gasteiger partial charge in [-0.2, -0.15) is 5.10 Å². The van der Waals surface area contributed by atoms with Crippen LogP contribution in [0.2, 0.25) is 5.02 Å². The van der Waals surface area contributed by atoms with E-state index in [2.05, 4.69) is 20.4 Å². The van der Waals surface area contributed by atoms with Crippen molar-refractivity contribution in [1.82, 2.24) is 19.6 Å². The minimum Gasteiger partial charge on any atom is -0.321 e. The van der Waals surface area contributed by atoms with Crippen molar-refractivity contribution in [2.75, 3.05) is 5.32 Å². The van der Waals surface area contributed by atoms with Crippen LogP contribution >= 0.6 is 11.6 Å². The number of aryl methyl sites for hydroxylation is 1. The second kappa shape index (κ2) is 6.57. The molecule has 3 heterocycles. The number of nitrogens with one attached hydrogen (secondary N) is 1. The summed E-state index contributed by atoms with van der Waals surface area (Å²) in [7, 11) is 0. The lowest BCUT2D eigenvalue weighted by molar-refractivity contribution is 0.102. The molecule has 1 N–H and O–H groups in total. The molecule has 0 saturated heterocycles. The van der Waals surface area contributed by atoms with Gasteiger partial charge < -0.3 is 5.32 Å². The summed E-state index contributed by atoms with van der Waals surface area (Å²) < 4.78 is 1.70. The van der Waals surface area contributed by atoms with Crippen LogP contribution in [0.3, 0.4) is 0 Å². The first-order valence-electron chi connectivity index (χ1n) is 7.96. The van der Waals surface area contributed by atoms with Gasteiger partial charge in [0.1, 0.15) is 11.4 Å². The van der Waals surface area contributed by atoms with Gasteiger partial charge in [-0.15, -0.1) is 0 Å². The minimum atomic E-state index is -0.293. The Morgan fingerprint density at radius 3 is 2.62 bits per heavy atom. The molecule has 0 aliphatic rings. The van der Waals surface area contributed by atoms with Gasteiger partial charge in [0, 0.05) is 28.7 Å². The Morgan fingerprint density at radius 1 is 1.08 bits per heavy atom. The molecule has 0 saturated carbocycles. The van der Waals surface area contributed by atoms with Crippen LogP contribution in [0.4, 0.5) is 5.69 Å². The standard InChI is InChI=1S/C19H14ClN5O/c1-12-10-17(19(26)22-14-7-5-13(20)6-8-14)23-18-11-16(24-25(12)18)15-4-2-3-9-21-15/h2-11H,1H3,(H,22,26). The fraction of sp³-hybridized carbons (Fsp3) is 0.0526. The maximum atomic E-state index is 12.5. The molecule has 4 rings (SSSR count). The number of carbonyl (C=O) groups is 1. The number of benzene rings is 1. The first-order chi connectivity index (χ1) is 12.6. The molecule has 0 radical (unpaired) electrons. The molecular formula is C19H14ClN5O. The number of aromatic nitrogens is 4. The van der Waals surface area contributed by atoms with Gasteiger partial charge in [0.05, 0.1) is 5.69 Å². The molecular weight excluding hydrogens is 350 g/mol. The minimum absolute atomic E-state index is 0.293. The molecule has 6 nitrogen and oxygen atoms in total. The molecule has 0 bridgehead atoms. The van der Waals surface area contributed by atoms with E-state index in [4.69, 9.17) is 11.6 Å². The van der Waals surface area contributed by atoms with Crippen LogP contribution in [0, 0.1) is 6.92 Å². The van der Waals surface area contributed by atoms with Crippen molar-refractivity contribution in [3.05, 3.63) is 77.2 Å². The Balaban J connectivity index is 1.68.